The Morgan fingerprint density at radius 3 is 2.22 bits per heavy atom. The fourth-order valence-electron chi connectivity index (χ4n) is 1.79. The number of hydrogen-bond acceptors (Lipinski definition) is 0. The van der Waals surface area contributed by atoms with E-state index in [9.17, 15) is 4.39 Å². The van der Waals surface area contributed by atoms with Crippen LogP contribution in [0, 0.1) is 5.41 Å². The first-order chi connectivity index (χ1) is 4.25. The van der Waals surface area contributed by atoms with Crippen molar-refractivity contribution in [3.8, 4) is 0 Å². The van der Waals surface area contributed by atoms with Gasteiger partial charge in [-0.1, -0.05) is 0 Å². The second kappa shape index (κ2) is 1.39. The molecule has 1 spiro atoms. The molecule has 0 saturated heterocycles. The Morgan fingerprint density at radius 2 is 2.00 bits per heavy atom. The summed E-state index contributed by atoms with van der Waals surface area (Å²) >= 11 is 0. The fraction of sp³-hybridized carbons (Fsp3) is 0.750. The average molecular weight is 126 g/mol. The van der Waals surface area contributed by atoms with Crippen LogP contribution in [0.3, 0.4) is 0 Å². The van der Waals surface area contributed by atoms with Gasteiger partial charge in [0.05, 0.1) is 5.83 Å². The molecule has 0 amide bonds. The van der Waals surface area contributed by atoms with Crippen LogP contribution in [0.2, 0.25) is 0 Å². The van der Waals surface area contributed by atoms with Crippen molar-refractivity contribution in [3.05, 3.63) is 11.4 Å². The first-order valence-corrected chi connectivity index (χ1v) is 3.60. The summed E-state index contributed by atoms with van der Waals surface area (Å²) in [5, 5.41) is 0. The summed E-state index contributed by atoms with van der Waals surface area (Å²) in [6.45, 7) is 1.95. The third-order valence-corrected chi connectivity index (χ3v) is 2.88. The Labute approximate surface area is 54.8 Å². The summed E-state index contributed by atoms with van der Waals surface area (Å²) in [5.74, 6) is 0.174. The van der Waals surface area contributed by atoms with E-state index in [1.54, 1.807) is 0 Å². The summed E-state index contributed by atoms with van der Waals surface area (Å²) in [7, 11) is 0. The van der Waals surface area contributed by atoms with Gasteiger partial charge in [-0.15, -0.1) is 0 Å². The molecule has 0 atom stereocenters. The van der Waals surface area contributed by atoms with Crippen molar-refractivity contribution in [2.24, 2.45) is 5.41 Å². The molecule has 0 aromatic heterocycles. The zero-order chi connectivity index (χ0) is 6.48. The molecule has 0 aromatic carbocycles. The van der Waals surface area contributed by atoms with Crippen LogP contribution in [-0.2, 0) is 0 Å². The standard InChI is InChI=1S/C8H11F/c1-6-7(9)2-3-8(6)4-5-8/h2-5H2,1H3. The quantitative estimate of drug-likeness (QED) is 0.468. The molecule has 0 aliphatic heterocycles. The minimum atomic E-state index is 0.174. The van der Waals surface area contributed by atoms with Gasteiger partial charge in [0.2, 0.25) is 0 Å². The smallest absolute Gasteiger partial charge is 0.0994 e. The molecule has 0 bridgehead atoms. The van der Waals surface area contributed by atoms with Crippen LogP contribution in [-0.4, -0.2) is 0 Å². The number of allylic oxidation sites excluding steroid dienone is 2. The van der Waals surface area contributed by atoms with E-state index in [0.29, 0.717) is 11.8 Å². The molecule has 0 unspecified atom stereocenters. The highest BCUT2D eigenvalue weighted by molar-refractivity contribution is 5.28. The Morgan fingerprint density at radius 1 is 1.33 bits per heavy atom. The minimum Gasteiger partial charge on any atom is -0.212 e. The second-order valence-electron chi connectivity index (χ2n) is 3.31. The van der Waals surface area contributed by atoms with Crippen molar-refractivity contribution in [1.82, 2.24) is 0 Å². The molecule has 0 aromatic rings. The van der Waals surface area contributed by atoms with E-state index in [-0.39, 0.29) is 5.83 Å². The average Bonchev–Trinajstić information content (AvgIpc) is 2.57. The molecular formula is C8H11F. The summed E-state index contributed by atoms with van der Waals surface area (Å²) in [5.41, 5.74) is 1.44. The highest BCUT2D eigenvalue weighted by Crippen LogP contribution is 2.60. The maximum absolute atomic E-state index is 12.7. The zero-order valence-corrected chi connectivity index (χ0v) is 5.71. The van der Waals surface area contributed by atoms with Crippen LogP contribution in [0.15, 0.2) is 11.4 Å². The Balaban J connectivity index is 2.33. The molecule has 1 fully saturated rings. The van der Waals surface area contributed by atoms with Crippen molar-refractivity contribution in [1.29, 1.82) is 0 Å². The van der Waals surface area contributed by atoms with E-state index >= 15 is 0 Å². The summed E-state index contributed by atoms with van der Waals surface area (Å²) in [4.78, 5) is 0. The number of halogens is 1. The monoisotopic (exact) mass is 126 g/mol. The molecule has 0 heterocycles. The predicted octanol–water partition coefficient (Wildman–Crippen LogP) is 2.80. The van der Waals surface area contributed by atoms with Crippen LogP contribution in [0.5, 0.6) is 0 Å². The van der Waals surface area contributed by atoms with Crippen LogP contribution >= 0.6 is 0 Å². The zero-order valence-electron chi connectivity index (χ0n) is 5.71. The van der Waals surface area contributed by atoms with Gasteiger partial charge < -0.3 is 0 Å². The molecule has 50 valence electrons. The fourth-order valence-corrected chi connectivity index (χ4v) is 1.79. The number of rotatable bonds is 0. The Hall–Kier alpha value is -0.330. The maximum atomic E-state index is 12.7. The van der Waals surface area contributed by atoms with E-state index < -0.39 is 0 Å². The van der Waals surface area contributed by atoms with Crippen LogP contribution in [0.4, 0.5) is 4.39 Å². The van der Waals surface area contributed by atoms with E-state index in [4.69, 9.17) is 0 Å². The predicted molar refractivity (Wildman–Crippen MR) is 34.7 cm³/mol. The summed E-state index contributed by atoms with van der Waals surface area (Å²) in [6.07, 6.45) is 4.29. The highest BCUT2D eigenvalue weighted by atomic mass is 19.1. The van der Waals surface area contributed by atoms with E-state index in [2.05, 4.69) is 0 Å². The van der Waals surface area contributed by atoms with Crippen LogP contribution < -0.4 is 0 Å². The lowest BCUT2D eigenvalue weighted by atomic mass is 10.0. The normalized spacial score (nSPS) is 30.0. The van der Waals surface area contributed by atoms with Crippen molar-refractivity contribution in [2.75, 3.05) is 0 Å². The van der Waals surface area contributed by atoms with E-state index in [0.717, 1.165) is 12.0 Å². The lowest BCUT2D eigenvalue weighted by Crippen LogP contribution is -1.93. The van der Waals surface area contributed by atoms with Crippen molar-refractivity contribution >= 4 is 0 Å². The molecule has 2 aliphatic rings. The molecule has 9 heavy (non-hydrogen) atoms. The third-order valence-electron chi connectivity index (χ3n) is 2.88. The first kappa shape index (κ1) is 5.45. The largest absolute Gasteiger partial charge is 0.212 e. The third kappa shape index (κ3) is 0.577. The van der Waals surface area contributed by atoms with Gasteiger partial charge in [-0.2, -0.15) is 0 Å². The summed E-state index contributed by atoms with van der Waals surface area (Å²) in [6, 6.07) is 0. The molecule has 1 saturated carbocycles. The van der Waals surface area contributed by atoms with Crippen LogP contribution in [0.25, 0.3) is 0 Å². The molecule has 2 rings (SSSR count). The summed E-state index contributed by atoms with van der Waals surface area (Å²) < 4.78 is 12.7. The van der Waals surface area contributed by atoms with E-state index in [1.807, 2.05) is 6.92 Å². The number of hydrogen-bond donors (Lipinski definition) is 0. The van der Waals surface area contributed by atoms with Crippen molar-refractivity contribution in [3.63, 3.8) is 0 Å². The maximum Gasteiger partial charge on any atom is 0.0994 e. The van der Waals surface area contributed by atoms with Gasteiger partial charge in [0, 0.05) is 0 Å². The lowest BCUT2D eigenvalue weighted by Gasteiger charge is -2.04. The molecular weight excluding hydrogens is 115 g/mol. The minimum absolute atomic E-state index is 0.174. The second-order valence-corrected chi connectivity index (χ2v) is 3.31. The molecule has 0 N–H and O–H groups in total. The van der Waals surface area contributed by atoms with Gasteiger partial charge in [-0.05, 0) is 43.6 Å². The Bertz CT molecular complexity index is 175. The SMILES string of the molecule is CC1=C(F)CCC12CC2. The van der Waals surface area contributed by atoms with Gasteiger partial charge in [-0.3, -0.25) is 0 Å². The van der Waals surface area contributed by atoms with Crippen LogP contribution in [0.1, 0.15) is 32.6 Å². The molecule has 0 radical (unpaired) electrons. The molecule has 0 nitrogen and oxygen atoms in total. The lowest BCUT2D eigenvalue weighted by molar-refractivity contribution is 0.579. The Kier molecular flexibility index (Phi) is 0.842. The molecule has 1 heteroatoms. The highest BCUT2D eigenvalue weighted by Gasteiger charge is 2.48. The van der Waals surface area contributed by atoms with Crippen molar-refractivity contribution < 1.29 is 4.39 Å². The van der Waals surface area contributed by atoms with E-state index in [1.165, 1.54) is 12.8 Å². The van der Waals surface area contributed by atoms with Gasteiger partial charge in [0.1, 0.15) is 0 Å². The van der Waals surface area contributed by atoms with Gasteiger partial charge >= 0.3 is 0 Å². The first-order valence-electron chi connectivity index (χ1n) is 3.60. The van der Waals surface area contributed by atoms with Crippen molar-refractivity contribution in [2.45, 2.75) is 32.6 Å². The van der Waals surface area contributed by atoms with Gasteiger partial charge in [0.25, 0.3) is 0 Å². The van der Waals surface area contributed by atoms with Gasteiger partial charge in [-0.25, -0.2) is 4.39 Å². The topological polar surface area (TPSA) is 0 Å². The van der Waals surface area contributed by atoms with Gasteiger partial charge in [0.15, 0.2) is 0 Å². The molecule has 2 aliphatic carbocycles.